The van der Waals surface area contributed by atoms with E-state index < -0.39 is 0 Å². The summed E-state index contributed by atoms with van der Waals surface area (Å²) in [5.74, 6) is 4.51. The van der Waals surface area contributed by atoms with Crippen LogP contribution < -0.4 is 0 Å². The molecule has 80 valence electrons. The molecule has 0 heteroatoms. The Balaban J connectivity index is 2.24. The zero-order valence-electron chi connectivity index (χ0n) is 10.1. The quantitative estimate of drug-likeness (QED) is 0.503. The molecule has 2 aliphatic carbocycles. The van der Waals surface area contributed by atoms with Crippen LogP contribution in [0.3, 0.4) is 0 Å². The van der Waals surface area contributed by atoms with Crippen LogP contribution in [0.5, 0.6) is 0 Å². The average molecular weight is 192 g/mol. The molecular formula is C14H24. The Kier molecular flexibility index (Phi) is 2.72. The second kappa shape index (κ2) is 3.72. The first-order valence-electron chi connectivity index (χ1n) is 6.30. The molecule has 0 radical (unpaired) electrons. The predicted octanol–water partition coefficient (Wildman–Crippen LogP) is 4.27. The van der Waals surface area contributed by atoms with Gasteiger partial charge in [0.2, 0.25) is 0 Å². The van der Waals surface area contributed by atoms with Crippen LogP contribution in [0.4, 0.5) is 0 Å². The normalized spacial score (nSPS) is 48.3. The van der Waals surface area contributed by atoms with Gasteiger partial charge < -0.3 is 0 Å². The Hall–Kier alpha value is -0.260. The summed E-state index contributed by atoms with van der Waals surface area (Å²) >= 11 is 0. The summed E-state index contributed by atoms with van der Waals surface area (Å²) in [6.45, 7) is 9.74. The minimum atomic E-state index is 0.830. The van der Waals surface area contributed by atoms with Crippen LogP contribution in [-0.2, 0) is 0 Å². The van der Waals surface area contributed by atoms with E-state index in [4.69, 9.17) is 0 Å². The molecule has 0 aliphatic heterocycles. The molecule has 2 rings (SSSR count). The molecule has 0 nitrogen and oxygen atoms in total. The Bertz CT molecular complexity index is 238. The van der Waals surface area contributed by atoms with Gasteiger partial charge in [0.25, 0.3) is 0 Å². The summed E-state index contributed by atoms with van der Waals surface area (Å²) in [4.78, 5) is 0. The topological polar surface area (TPSA) is 0 Å². The molecule has 2 aliphatic rings. The lowest BCUT2D eigenvalue weighted by molar-refractivity contribution is 0.158. The van der Waals surface area contributed by atoms with Gasteiger partial charge in [-0.3, -0.25) is 0 Å². The summed E-state index contributed by atoms with van der Waals surface area (Å²) in [5, 5.41) is 0. The van der Waals surface area contributed by atoms with Gasteiger partial charge in [0.05, 0.1) is 0 Å². The van der Waals surface area contributed by atoms with E-state index in [1.54, 1.807) is 5.57 Å². The molecular weight excluding hydrogens is 168 g/mol. The van der Waals surface area contributed by atoms with Crippen molar-refractivity contribution in [3.63, 3.8) is 0 Å². The molecule has 0 N–H and O–H groups in total. The standard InChI is InChI=1S/C14H24/c1-9-7-11(3)14-12(4)10(2)5-6-13(14)8-9/h8-12,14H,5-7H2,1-4H3. The molecule has 1 fully saturated rings. The van der Waals surface area contributed by atoms with E-state index in [0.717, 1.165) is 29.6 Å². The van der Waals surface area contributed by atoms with Crippen molar-refractivity contribution in [3.05, 3.63) is 11.6 Å². The summed E-state index contributed by atoms with van der Waals surface area (Å²) in [6.07, 6.45) is 6.78. The highest BCUT2D eigenvalue weighted by atomic mass is 14.4. The van der Waals surface area contributed by atoms with Crippen LogP contribution in [0.2, 0.25) is 0 Å². The fraction of sp³-hybridized carbons (Fsp3) is 0.857. The van der Waals surface area contributed by atoms with E-state index in [1.165, 1.54) is 19.3 Å². The lowest BCUT2D eigenvalue weighted by Crippen LogP contribution is -2.34. The first kappa shape index (κ1) is 10.3. The second-order valence-electron chi connectivity index (χ2n) is 5.83. The van der Waals surface area contributed by atoms with E-state index >= 15 is 0 Å². The van der Waals surface area contributed by atoms with Crippen LogP contribution in [0.1, 0.15) is 47.0 Å². The summed E-state index contributed by atoms with van der Waals surface area (Å²) in [6, 6.07) is 0. The second-order valence-corrected chi connectivity index (χ2v) is 5.83. The highest BCUT2D eigenvalue weighted by molar-refractivity contribution is 5.17. The smallest absolute Gasteiger partial charge is 0.0149 e. The van der Waals surface area contributed by atoms with Crippen molar-refractivity contribution in [2.24, 2.45) is 29.6 Å². The Morgan fingerprint density at radius 1 is 1.07 bits per heavy atom. The number of fused-ring (bicyclic) bond motifs is 1. The van der Waals surface area contributed by atoms with Crippen molar-refractivity contribution in [1.29, 1.82) is 0 Å². The first-order chi connectivity index (χ1) is 6.59. The fourth-order valence-electron chi connectivity index (χ4n) is 3.76. The van der Waals surface area contributed by atoms with E-state index in [1.807, 2.05) is 0 Å². The van der Waals surface area contributed by atoms with Crippen molar-refractivity contribution in [2.75, 3.05) is 0 Å². The van der Waals surface area contributed by atoms with Crippen LogP contribution >= 0.6 is 0 Å². The summed E-state index contributed by atoms with van der Waals surface area (Å²) < 4.78 is 0. The SMILES string of the molecule is CC1C=C2CCC(C)C(C)C2C(C)C1. The van der Waals surface area contributed by atoms with Crippen molar-refractivity contribution >= 4 is 0 Å². The maximum atomic E-state index is 2.58. The Morgan fingerprint density at radius 3 is 2.50 bits per heavy atom. The Labute approximate surface area is 88.8 Å². The van der Waals surface area contributed by atoms with Crippen molar-refractivity contribution in [1.82, 2.24) is 0 Å². The van der Waals surface area contributed by atoms with Crippen molar-refractivity contribution < 1.29 is 0 Å². The summed E-state index contributed by atoms with van der Waals surface area (Å²) in [7, 11) is 0. The zero-order valence-corrected chi connectivity index (χ0v) is 10.1. The first-order valence-corrected chi connectivity index (χ1v) is 6.30. The Morgan fingerprint density at radius 2 is 1.79 bits per heavy atom. The number of rotatable bonds is 0. The minimum Gasteiger partial charge on any atom is -0.0822 e. The van der Waals surface area contributed by atoms with Crippen molar-refractivity contribution in [3.8, 4) is 0 Å². The van der Waals surface area contributed by atoms with E-state index in [0.29, 0.717) is 0 Å². The van der Waals surface area contributed by atoms with E-state index in [-0.39, 0.29) is 0 Å². The molecule has 0 saturated heterocycles. The molecule has 0 heterocycles. The lowest BCUT2D eigenvalue weighted by Gasteiger charge is -2.43. The molecule has 1 saturated carbocycles. The van der Waals surface area contributed by atoms with Crippen LogP contribution in [0.25, 0.3) is 0 Å². The molecule has 0 amide bonds. The monoisotopic (exact) mass is 192 g/mol. The predicted molar refractivity (Wildman–Crippen MR) is 62.1 cm³/mol. The van der Waals surface area contributed by atoms with E-state index in [2.05, 4.69) is 33.8 Å². The maximum absolute atomic E-state index is 2.58. The number of allylic oxidation sites excluding steroid dienone is 2. The molecule has 0 spiro atoms. The third kappa shape index (κ3) is 1.64. The fourth-order valence-corrected chi connectivity index (χ4v) is 3.76. The number of hydrogen-bond acceptors (Lipinski definition) is 0. The third-order valence-corrected chi connectivity index (χ3v) is 4.64. The molecule has 14 heavy (non-hydrogen) atoms. The van der Waals surface area contributed by atoms with Gasteiger partial charge in [0.15, 0.2) is 0 Å². The van der Waals surface area contributed by atoms with Crippen LogP contribution in [0.15, 0.2) is 11.6 Å². The van der Waals surface area contributed by atoms with Gasteiger partial charge in [0.1, 0.15) is 0 Å². The van der Waals surface area contributed by atoms with Crippen LogP contribution in [-0.4, -0.2) is 0 Å². The van der Waals surface area contributed by atoms with Gasteiger partial charge in [-0.2, -0.15) is 0 Å². The third-order valence-electron chi connectivity index (χ3n) is 4.64. The average Bonchev–Trinajstić information content (AvgIpc) is 2.10. The highest BCUT2D eigenvalue weighted by Gasteiger charge is 2.36. The molecule has 5 unspecified atom stereocenters. The molecule has 0 aromatic rings. The van der Waals surface area contributed by atoms with Crippen LogP contribution in [0, 0.1) is 29.6 Å². The van der Waals surface area contributed by atoms with Gasteiger partial charge in [-0.05, 0) is 48.9 Å². The summed E-state index contributed by atoms with van der Waals surface area (Å²) in [5.41, 5.74) is 1.79. The van der Waals surface area contributed by atoms with E-state index in [9.17, 15) is 0 Å². The molecule has 0 aromatic carbocycles. The lowest BCUT2D eigenvalue weighted by atomic mass is 9.62. The molecule has 0 bridgehead atoms. The minimum absolute atomic E-state index is 0.830. The zero-order chi connectivity index (χ0) is 10.3. The number of hydrogen-bond donors (Lipinski definition) is 0. The van der Waals surface area contributed by atoms with Crippen molar-refractivity contribution in [2.45, 2.75) is 47.0 Å². The molecule has 5 atom stereocenters. The molecule has 0 aromatic heterocycles. The van der Waals surface area contributed by atoms with Gasteiger partial charge in [-0.15, -0.1) is 0 Å². The van der Waals surface area contributed by atoms with Gasteiger partial charge >= 0.3 is 0 Å². The maximum Gasteiger partial charge on any atom is -0.0149 e. The van der Waals surface area contributed by atoms with Gasteiger partial charge in [0, 0.05) is 0 Å². The largest absolute Gasteiger partial charge is 0.0822 e. The highest BCUT2D eigenvalue weighted by Crippen LogP contribution is 2.46. The van der Waals surface area contributed by atoms with Gasteiger partial charge in [-0.25, -0.2) is 0 Å². The van der Waals surface area contributed by atoms with Gasteiger partial charge in [-0.1, -0.05) is 39.3 Å².